The average Bonchev–Trinajstić information content (AvgIpc) is 3.12. The molecule has 1 fully saturated rings. The van der Waals surface area contributed by atoms with E-state index in [9.17, 15) is 0 Å². The highest BCUT2D eigenvalue weighted by Crippen LogP contribution is 2.22. The van der Waals surface area contributed by atoms with Crippen molar-refractivity contribution in [3.8, 4) is 11.7 Å². The van der Waals surface area contributed by atoms with Crippen molar-refractivity contribution in [2.24, 2.45) is 11.7 Å². The van der Waals surface area contributed by atoms with E-state index < -0.39 is 0 Å². The molecule has 2 aromatic rings. The van der Waals surface area contributed by atoms with Crippen molar-refractivity contribution in [1.82, 2.24) is 15.0 Å². The van der Waals surface area contributed by atoms with Crippen LogP contribution in [0, 0.1) is 5.92 Å². The first kappa shape index (κ1) is 13.3. The lowest BCUT2D eigenvalue weighted by atomic mass is 9.94. The number of piperidine rings is 1. The van der Waals surface area contributed by atoms with E-state index in [2.05, 4.69) is 15.0 Å². The molecule has 0 saturated carbocycles. The second kappa shape index (κ2) is 6.19. The summed E-state index contributed by atoms with van der Waals surface area (Å²) in [4.78, 5) is 6.73. The fourth-order valence-electron chi connectivity index (χ4n) is 2.69. The maximum atomic E-state index is 5.61. The fraction of sp³-hybridized carbons (Fsp3) is 0.571. The van der Waals surface area contributed by atoms with Crippen LogP contribution in [0.1, 0.15) is 25.1 Å². The van der Waals surface area contributed by atoms with Gasteiger partial charge in [0.2, 0.25) is 0 Å². The van der Waals surface area contributed by atoms with Crippen LogP contribution < -0.4 is 5.73 Å². The van der Waals surface area contributed by atoms with Gasteiger partial charge in [0, 0.05) is 0 Å². The first-order valence-electron chi connectivity index (χ1n) is 7.14. The Labute approximate surface area is 117 Å². The minimum Gasteiger partial charge on any atom is -0.459 e. The Bertz CT molecular complexity index is 515. The van der Waals surface area contributed by atoms with Crippen LogP contribution in [0.25, 0.3) is 11.7 Å². The summed E-state index contributed by atoms with van der Waals surface area (Å²) in [6.45, 7) is 3.69. The summed E-state index contributed by atoms with van der Waals surface area (Å²) in [5.41, 5.74) is 5.61. The van der Waals surface area contributed by atoms with Crippen LogP contribution in [0.2, 0.25) is 0 Å². The second-order valence-corrected chi connectivity index (χ2v) is 5.29. The van der Waals surface area contributed by atoms with E-state index in [4.69, 9.17) is 14.7 Å². The molecule has 108 valence electrons. The van der Waals surface area contributed by atoms with E-state index in [0.29, 0.717) is 17.5 Å². The van der Waals surface area contributed by atoms with E-state index in [1.54, 1.807) is 12.3 Å². The number of aromatic nitrogens is 2. The summed E-state index contributed by atoms with van der Waals surface area (Å²) in [5, 5.41) is 4.01. The summed E-state index contributed by atoms with van der Waals surface area (Å²) in [5.74, 6) is 2.56. The van der Waals surface area contributed by atoms with Gasteiger partial charge in [0.05, 0.1) is 12.8 Å². The van der Waals surface area contributed by atoms with Gasteiger partial charge < -0.3 is 14.7 Å². The summed E-state index contributed by atoms with van der Waals surface area (Å²) in [7, 11) is 0. The lowest BCUT2D eigenvalue weighted by molar-refractivity contribution is 0.168. The summed E-state index contributed by atoms with van der Waals surface area (Å²) >= 11 is 0. The van der Waals surface area contributed by atoms with Crippen LogP contribution in [0.3, 0.4) is 0 Å². The molecule has 1 aliphatic heterocycles. The minimum atomic E-state index is 0.447. The number of hydrogen-bond donors (Lipinski definition) is 1. The van der Waals surface area contributed by atoms with Crippen molar-refractivity contribution in [3.05, 3.63) is 24.2 Å². The molecule has 0 aromatic carbocycles. The zero-order chi connectivity index (χ0) is 13.8. The molecule has 3 heterocycles. The standard InChI is InChI=1S/C14H20N4O2/c15-6-3-11-4-7-18(8-5-11)10-13-16-14(20-17-13)12-2-1-9-19-12/h1-2,9,11H,3-8,10,15H2. The molecular formula is C14H20N4O2. The molecular weight excluding hydrogens is 256 g/mol. The molecule has 6 nitrogen and oxygen atoms in total. The third kappa shape index (κ3) is 3.08. The van der Waals surface area contributed by atoms with Crippen molar-refractivity contribution in [3.63, 3.8) is 0 Å². The lowest BCUT2D eigenvalue weighted by Crippen LogP contribution is -2.34. The Morgan fingerprint density at radius 3 is 2.90 bits per heavy atom. The molecule has 1 aliphatic rings. The summed E-state index contributed by atoms with van der Waals surface area (Å²) in [6.07, 6.45) is 5.15. The number of nitrogens with zero attached hydrogens (tertiary/aromatic N) is 3. The highest BCUT2D eigenvalue weighted by Gasteiger charge is 2.20. The van der Waals surface area contributed by atoms with Gasteiger partial charge in [-0.3, -0.25) is 4.90 Å². The molecule has 0 spiro atoms. The Morgan fingerprint density at radius 2 is 2.20 bits per heavy atom. The highest BCUT2D eigenvalue weighted by molar-refractivity contribution is 5.42. The zero-order valence-corrected chi connectivity index (χ0v) is 11.5. The maximum Gasteiger partial charge on any atom is 0.293 e. The van der Waals surface area contributed by atoms with Gasteiger partial charge in [0.25, 0.3) is 5.89 Å². The zero-order valence-electron chi connectivity index (χ0n) is 11.5. The van der Waals surface area contributed by atoms with Crippen LogP contribution >= 0.6 is 0 Å². The largest absolute Gasteiger partial charge is 0.459 e. The molecule has 6 heteroatoms. The highest BCUT2D eigenvalue weighted by atomic mass is 16.5. The third-order valence-corrected chi connectivity index (χ3v) is 3.85. The van der Waals surface area contributed by atoms with Crippen LogP contribution in [-0.2, 0) is 6.54 Å². The smallest absolute Gasteiger partial charge is 0.293 e. The molecule has 0 aliphatic carbocycles. The number of furan rings is 1. The molecule has 20 heavy (non-hydrogen) atoms. The van der Waals surface area contributed by atoms with E-state index in [0.717, 1.165) is 38.5 Å². The van der Waals surface area contributed by atoms with E-state index >= 15 is 0 Å². The van der Waals surface area contributed by atoms with E-state index in [1.165, 1.54) is 12.8 Å². The monoisotopic (exact) mass is 276 g/mol. The Hall–Kier alpha value is -1.66. The SMILES string of the molecule is NCCC1CCN(Cc2noc(-c3ccco3)n2)CC1. The lowest BCUT2D eigenvalue weighted by Gasteiger charge is -2.30. The van der Waals surface area contributed by atoms with Crippen LogP contribution in [0.4, 0.5) is 0 Å². The molecule has 0 unspecified atom stereocenters. The summed E-state index contributed by atoms with van der Waals surface area (Å²) < 4.78 is 10.5. The van der Waals surface area contributed by atoms with Crippen LogP contribution in [-0.4, -0.2) is 34.7 Å². The fourth-order valence-corrected chi connectivity index (χ4v) is 2.69. The molecule has 2 N–H and O–H groups in total. The number of hydrogen-bond acceptors (Lipinski definition) is 6. The molecule has 0 bridgehead atoms. The van der Waals surface area contributed by atoms with Crippen molar-refractivity contribution in [1.29, 1.82) is 0 Å². The second-order valence-electron chi connectivity index (χ2n) is 5.29. The number of nitrogens with two attached hydrogens (primary N) is 1. The number of likely N-dealkylation sites (tertiary alicyclic amines) is 1. The van der Waals surface area contributed by atoms with Crippen molar-refractivity contribution >= 4 is 0 Å². The quantitative estimate of drug-likeness (QED) is 0.898. The molecule has 1 saturated heterocycles. The molecule has 0 amide bonds. The predicted octanol–water partition coefficient (Wildman–Crippen LogP) is 1.89. The molecule has 0 atom stereocenters. The van der Waals surface area contributed by atoms with Gasteiger partial charge in [-0.25, -0.2) is 0 Å². The van der Waals surface area contributed by atoms with Gasteiger partial charge in [-0.1, -0.05) is 5.16 Å². The van der Waals surface area contributed by atoms with Crippen molar-refractivity contribution in [2.45, 2.75) is 25.8 Å². The van der Waals surface area contributed by atoms with Crippen molar-refractivity contribution < 1.29 is 8.94 Å². The Kier molecular flexibility index (Phi) is 4.13. The normalized spacial score (nSPS) is 17.6. The van der Waals surface area contributed by atoms with E-state index in [1.807, 2.05) is 6.07 Å². The van der Waals surface area contributed by atoms with Crippen LogP contribution in [0.5, 0.6) is 0 Å². The van der Waals surface area contributed by atoms with Gasteiger partial charge in [0.1, 0.15) is 0 Å². The number of rotatable bonds is 5. The van der Waals surface area contributed by atoms with Gasteiger partial charge in [-0.05, 0) is 56.9 Å². The first-order valence-corrected chi connectivity index (χ1v) is 7.14. The van der Waals surface area contributed by atoms with E-state index in [-0.39, 0.29) is 0 Å². The Balaban J connectivity index is 1.54. The van der Waals surface area contributed by atoms with Crippen molar-refractivity contribution in [2.75, 3.05) is 19.6 Å². The predicted molar refractivity (Wildman–Crippen MR) is 73.7 cm³/mol. The first-order chi connectivity index (χ1) is 9.85. The average molecular weight is 276 g/mol. The molecule has 0 radical (unpaired) electrons. The van der Waals surface area contributed by atoms with Gasteiger partial charge in [0.15, 0.2) is 11.6 Å². The van der Waals surface area contributed by atoms with Gasteiger partial charge in [-0.15, -0.1) is 0 Å². The summed E-state index contributed by atoms with van der Waals surface area (Å²) in [6, 6.07) is 3.62. The minimum absolute atomic E-state index is 0.447. The third-order valence-electron chi connectivity index (χ3n) is 3.85. The van der Waals surface area contributed by atoms with Crippen LogP contribution in [0.15, 0.2) is 27.3 Å². The molecule has 2 aromatic heterocycles. The maximum absolute atomic E-state index is 5.61. The topological polar surface area (TPSA) is 81.3 Å². The molecule has 3 rings (SSSR count). The Morgan fingerprint density at radius 1 is 1.35 bits per heavy atom. The van der Waals surface area contributed by atoms with Gasteiger partial charge >= 0.3 is 0 Å². The van der Waals surface area contributed by atoms with Gasteiger partial charge in [-0.2, -0.15) is 4.98 Å².